The standard InChI is InChI=1S/C40H50N6O2S/c1-3-4-5-6-7-8-9-10-11-12-13-14-15-16-17-18-19-20-21-22-37(47)45-40-42-33(2)38(49-40)36-27-28-41-39(44-36)43-34-23-25-35(26-24-34)46-29-31-48-32-30-46/h4-5,7-8,10-11,13-14,16-17,19-20,23-28H,3,6,9,12,15,18,21-22,29-32H2,1-2H3,(H,41,43,44)(H,42,45,47)/b5-4-,8-7-,11-10-,14-13-,17-16-,20-19-. The third-order valence-electron chi connectivity index (χ3n) is 7.57. The van der Waals surface area contributed by atoms with E-state index in [2.05, 4.69) is 117 Å². The van der Waals surface area contributed by atoms with Crippen LogP contribution < -0.4 is 15.5 Å². The smallest absolute Gasteiger partial charge is 0.227 e. The fourth-order valence-corrected chi connectivity index (χ4v) is 5.93. The molecule has 3 aromatic rings. The number of amides is 1. The first-order valence-electron chi connectivity index (χ1n) is 17.3. The van der Waals surface area contributed by atoms with E-state index in [0.29, 0.717) is 23.9 Å². The minimum Gasteiger partial charge on any atom is -0.378 e. The molecule has 2 N–H and O–H groups in total. The minimum atomic E-state index is -0.0506. The summed E-state index contributed by atoms with van der Waals surface area (Å²) < 4.78 is 5.45. The van der Waals surface area contributed by atoms with E-state index in [0.717, 1.165) is 86.8 Å². The molecule has 0 radical (unpaired) electrons. The predicted octanol–water partition coefficient (Wildman–Crippen LogP) is 9.91. The fraction of sp³-hybridized carbons (Fsp3) is 0.350. The lowest BCUT2D eigenvalue weighted by Crippen LogP contribution is -2.36. The van der Waals surface area contributed by atoms with Gasteiger partial charge in [-0.05, 0) is 82.2 Å². The van der Waals surface area contributed by atoms with Gasteiger partial charge in [-0.2, -0.15) is 0 Å². The highest BCUT2D eigenvalue weighted by molar-refractivity contribution is 7.19. The third-order valence-corrected chi connectivity index (χ3v) is 8.66. The highest BCUT2D eigenvalue weighted by Gasteiger charge is 2.14. The quantitative estimate of drug-likeness (QED) is 0.122. The number of aromatic nitrogens is 3. The Morgan fingerprint density at radius 3 is 2.02 bits per heavy atom. The number of thiazole rings is 1. The lowest BCUT2D eigenvalue weighted by Gasteiger charge is -2.28. The van der Waals surface area contributed by atoms with Crippen molar-refractivity contribution in [3.8, 4) is 10.6 Å². The molecule has 1 aliphatic rings. The van der Waals surface area contributed by atoms with E-state index < -0.39 is 0 Å². The topological polar surface area (TPSA) is 92.3 Å². The van der Waals surface area contributed by atoms with E-state index in [-0.39, 0.29) is 5.91 Å². The summed E-state index contributed by atoms with van der Waals surface area (Å²) in [5, 5.41) is 6.83. The van der Waals surface area contributed by atoms with Crippen molar-refractivity contribution in [2.24, 2.45) is 0 Å². The lowest BCUT2D eigenvalue weighted by molar-refractivity contribution is -0.116. The molecule has 0 atom stereocenters. The number of allylic oxidation sites excluding steroid dienone is 12. The first-order valence-corrected chi connectivity index (χ1v) is 18.1. The Hall–Kier alpha value is -4.60. The van der Waals surface area contributed by atoms with Crippen LogP contribution in [0.25, 0.3) is 10.6 Å². The number of ether oxygens (including phenoxy) is 1. The molecule has 1 saturated heterocycles. The van der Waals surface area contributed by atoms with Crippen molar-refractivity contribution >= 4 is 39.7 Å². The number of carbonyl (C=O) groups excluding carboxylic acids is 1. The summed E-state index contributed by atoms with van der Waals surface area (Å²) in [5.41, 5.74) is 3.67. The van der Waals surface area contributed by atoms with Crippen LogP contribution in [0.2, 0.25) is 0 Å². The summed E-state index contributed by atoms with van der Waals surface area (Å²) in [4.78, 5) is 29.5. The van der Waals surface area contributed by atoms with Gasteiger partial charge in [0, 0.05) is 37.1 Å². The molecule has 1 amide bonds. The third kappa shape index (κ3) is 14.2. The maximum absolute atomic E-state index is 12.6. The minimum absolute atomic E-state index is 0.0506. The van der Waals surface area contributed by atoms with Crippen LogP contribution >= 0.6 is 11.3 Å². The first-order chi connectivity index (χ1) is 24.1. The van der Waals surface area contributed by atoms with Crippen molar-refractivity contribution in [1.82, 2.24) is 15.0 Å². The Labute approximate surface area is 296 Å². The zero-order chi connectivity index (χ0) is 34.4. The summed E-state index contributed by atoms with van der Waals surface area (Å²) >= 11 is 1.42. The molecule has 9 heteroatoms. The molecule has 4 rings (SSSR count). The Balaban J connectivity index is 1.12. The van der Waals surface area contributed by atoms with Crippen molar-refractivity contribution in [3.63, 3.8) is 0 Å². The summed E-state index contributed by atoms with van der Waals surface area (Å²) in [6.07, 6.45) is 34.8. The maximum atomic E-state index is 12.6. The van der Waals surface area contributed by atoms with Crippen molar-refractivity contribution in [2.75, 3.05) is 41.8 Å². The average Bonchev–Trinajstić information content (AvgIpc) is 3.49. The second-order valence-corrected chi connectivity index (χ2v) is 12.5. The van der Waals surface area contributed by atoms with E-state index in [4.69, 9.17) is 9.72 Å². The number of hydrogen-bond acceptors (Lipinski definition) is 8. The molecule has 0 spiro atoms. The molecule has 3 heterocycles. The predicted molar refractivity (Wildman–Crippen MR) is 207 cm³/mol. The van der Waals surface area contributed by atoms with Crippen LogP contribution in [0.4, 0.5) is 22.5 Å². The van der Waals surface area contributed by atoms with Gasteiger partial charge in [0.2, 0.25) is 11.9 Å². The molecule has 1 aliphatic heterocycles. The fourth-order valence-electron chi connectivity index (χ4n) is 4.97. The molecule has 1 fully saturated rings. The highest BCUT2D eigenvalue weighted by Crippen LogP contribution is 2.32. The van der Waals surface area contributed by atoms with Gasteiger partial charge < -0.3 is 20.3 Å². The van der Waals surface area contributed by atoms with E-state index in [1.54, 1.807) is 6.20 Å². The second kappa shape index (κ2) is 22.1. The first kappa shape index (κ1) is 37.2. The molecule has 0 bridgehead atoms. The second-order valence-electron chi connectivity index (χ2n) is 11.5. The maximum Gasteiger partial charge on any atom is 0.227 e. The molecular formula is C40H50N6O2S. The zero-order valence-electron chi connectivity index (χ0n) is 28.9. The molecule has 2 aromatic heterocycles. The van der Waals surface area contributed by atoms with Gasteiger partial charge >= 0.3 is 0 Å². The van der Waals surface area contributed by atoms with Crippen LogP contribution in [-0.4, -0.2) is 47.2 Å². The van der Waals surface area contributed by atoms with Gasteiger partial charge in [-0.3, -0.25) is 4.79 Å². The average molecular weight is 679 g/mol. The number of nitrogens with one attached hydrogen (secondary N) is 2. The van der Waals surface area contributed by atoms with Crippen LogP contribution in [0.1, 0.15) is 64.0 Å². The number of aryl methyl sites for hydroxylation is 1. The number of rotatable bonds is 19. The van der Waals surface area contributed by atoms with Gasteiger partial charge in [-0.15, -0.1) is 0 Å². The Morgan fingerprint density at radius 2 is 1.41 bits per heavy atom. The number of hydrogen-bond donors (Lipinski definition) is 2. The number of carbonyl (C=O) groups is 1. The van der Waals surface area contributed by atoms with Gasteiger partial charge in [0.1, 0.15) is 0 Å². The Bertz CT molecular complexity index is 1600. The highest BCUT2D eigenvalue weighted by atomic mass is 32.1. The molecule has 0 saturated carbocycles. The van der Waals surface area contributed by atoms with Crippen LogP contribution in [0.15, 0.2) is 109 Å². The molecule has 0 aliphatic carbocycles. The summed E-state index contributed by atoms with van der Waals surface area (Å²) in [6, 6.07) is 10.1. The SMILES string of the molecule is CC/C=C\C/C=C\C/C=C\C/C=C\C/C=C\C/C=C\CCC(=O)Nc1nc(C)c(-c2ccnc(Nc3ccc(N4CCOCC4)cc3)n2)s1. The van der Waals surface area contributed by atoms with Crippen LogP contribution in [0, 0.1) is 6.92 Å². The summed E-state index contributed by atoms with van der Waals surface area (Å²) in [5.74, 6) is 0.455. The van der Waals surface area contributed by atoms with Crippen molar-refractivity contribution in [2.45, 2.75) is 65.2 Å². The molecule has 8 nitrogen and oxygen atoms in total. The van der Waals surface area contributed by atoms with E-state index in [1.807, 2.05) is 25.1 Å². The Kier molecular flexibility index (Phi) is 16.8. The molecule has 0 unspecified atom stereocenters. The molecule has 258 valence electrons. The van der Waals surface area contributed by atoms with Crippen LogP contribution in [0.5, 0.6) is 0 Å². The number of anilines is 4. The van der Waals surface area contributed by atoms with Gasteiger partial charge in [-0.1, -0.05) is 91.2 Å². The van der Waals surface area contributed by atoms with Crippen molar-refractivity contribution < 1.29 is 9.53 Å². The van der Waals surface area contributed by atoms with E-state index >= 15 is 0 Å². The van der Waals surface area contributed by atoms with Crippen molar-refractivity contribution in [3.05, 3.63) is 115 Å². The normalized spacial score (nSPS) is 14.1. The monoisotopic (exact) mass is 678 g/mol. The van der Waals surface area contributed by atoms with Gasteiger partial charge in [0.15, 0.2) is 5.13 Å². The summed E-state index contributed by atoms with van der Waals surface area (Å²) in [7, 11) is 0. The van der Waals surface area contributed by atoms with Gasteiger partial charge in [-0.25, -0.2) is 15.0 Å². The summed E-state index contributed by atoms with van der Waals surface area (Å²) in [6.45, 7) is 7.40. The number of nitrogens with zero attached hydrogens (tertiary/aromatic N) is 4. The molecular weight excluding hydrogens is 629 g/mol. The lowest BCUT2D eigenvalue weighted by atomic mass is 10.2. The van der Waals surface area contributed by atoms with Crippen LogP contribution in [-0.2, 0) is 9.53 Å². The molecule has 1 aromatic carbocycles. The number of morpholine rings is 1. The van der Waals surface area contributed by atoms with Crippen LogP contribution in [0.3, 0.4) is 0 Å². The van der Waals surface area contributed by atoms with Gasteiger partial charge in [0.05, 0.1) is 29.5 Å². The van der Waals surface area contributed by atoms with E-state index in [9.17, 15) is 4.79 Å². The van der Waals surface area contributed by atoms with E-state index in [1.165, 1.54) is 17.0 Å². The largest absolute Gasteiger partial charge is 0.378 e. The Morgan fingerprint density at radius 1 is 0.816 bits per heavy atom. The zero-order valence-corrected chi connectivity index (χ0v) is 29.7. The number of benzene rings is 1. The van der Waals surface area contributed by atoms with Gasteiger partial charge in [0.25, 0.3) is 0 Å². The van der Waals surface area contributed by atoms with Crippen molar-refractivity contribution in [1.29, 1.82) is 0 Å². The molecule has 49 heavy (non-hydrogen) atoms.